The Balaban J connectivity index is 1.96. The van der Waals surface area contributed by atoms with E-state index >= 15 is 0 Å². The van der Waals surface area contributed by atoms with E-state index in [9.17, 15) is 4.39 Å². The first-order valence-electron chi connectivity index (χ1n) is 8.33. The average Bonchev–Trinajstić information content (AvgIpc) is 2.67. The number of ether oxygens (including phenoxy) is 1. The normalized spacial score (nSPS) is 26.4. The fraction of sp³-hybridized carbons (Fsp3) is 0.500. The van der Waals surface area contributed by atoms with Gasteiger partial charge in [0.15, 0.2) is 11.6 Å². The Hall–Kier alpha value is -2.08. The number of aliphatic imine (C=N–C) groups is 1. The number of benzene rings is 1. The van der Waals surface area contributed by atoms with Gasteiger partial charge in [-0.05, 0) is 32.5 Å². The summed E-state index contributed by atoms with van der Waals surface area (Å²) in [7, 11) is 4.02. The molecule has 3 aliphatic rings. The van der Waals surface area contributed by atoms with Crippen molar-refractivity contribution in [3.05, 3.63) is 35.4 Å². The van der Waals surface area contributed by atoms with Crippen LogP contribution in [0.25, 0.3) is 0 Å². The third kappa shape index (κ3) is 2.05. The van der Waals surface area contributed by atoms with Gasteiger partial charge in [0, 0.05) is 26.2 Å². The van der Waals surface area contributed by atoms with Gasteiger partial charge in [0.2, 0.25) is 0 Å². The highest BCUT2D eigenvalue weighted by Gasteiger charge is 2.41. The Morgan fingerprint density at radius 3 is 2.83 bits per heavy atom. The van der Waals surface area contributed by atoms with E-state index in [1.54, 1.807) is 6.92 Å². The molecule has 3 aliphatic heterocycles. The van der Waals surface area contributed by atoms with Crippen LogP contribution in [0.2, 0.25) is 0 Å². The number of hydrogen-bond acceptors (Lipinski definition) is 5. The molecule has 1 aromatic rings. The predicted octanol–water partition coefficient (Wildman–Crippen LogP) is 2.20. The number of amidine groups is 1. The first kappa shape index (κ1) is 15.4. The number of nitrogens with zero attached hydrogens (tertiary/aromatic N) is 4. The Morgan fingerprint density at radius 2 is 2.08 bits per heavy atom. The van der Waals surface area contributed by atoms with Crippen molar-refractivity contribution >= 4 is 11.5 Å². The van der Waals surface area contributed by atoms with Crippen LogP contribution in [-0.4, -0.2) is 61.5 Å². The smallest absolute Gasteiger partial charge is 0.168 e. The standard InChI is InChI=1S/C18H23FN4O/c1-10-6-14-15-17(16(10)19)24-9-13-8-21(4)7-11(2)23(13)18(15)20-12(3)22(14)5/h6,11,13H,3,7-9H2,1-2,4-5H3. The SMILES string of the molecule is C=C1N=C2c3c(cc(C)c(F)c3OCC3CN(C)CC(C)N23)N1C. The van der Waals surface area contributed by atoms with Gasteiger partial charge < -0.3 is 19.4 Å². The molecule has 6 heteroatoms. The summed E-state index contributed by atoms with van der Waals surface area (Å²) >= 11 is 0. The molecule has 1 fully saturated rings. The highest BCUT2D eigenvalue weighted by Crippen LogP contribution is 2.42. The first-order chi connectivity index (χ1) is 11.4. The minimum atomic E-state index is -0.289. The van der Waals surface area contributed by atoms with Gasteiger partial charge in [-0.2, -0.15) is 0 Å². The van der Waals surface area contributed by atoms with Crippen LogP contribution in [0, 0.1) is 12.7 Å². The maximum absolute atomic E-state index is 14.8. The van der Waals surface area contributed by atoms with Crippen molar-refractivity contribution in [3.63, 3.8) is 0 Å². The van der Waals surface area contributed by atoms with Gasteiger partial charge in [0.05, 0.1) is 17.3 Å². The molecule has 3 heterocycles. The number of hydrogen-bond donors (Lipinski definition) is 0. The second kappa shape index (κ2) is 5.21. The summed E-state index contributed by atoms with van der Waals surface area (Å²) in [6.45, 7) is 10.3. The molecule has 0 aliphatic carbocycles. The third-order valence-corrected chi connectivity index (χ3v) is 5.22. The van der Waals surface area contributed by atoms with Crippen molar-refractivity contribution in [1.82, 2.24) is 9.80 Å². The Labute approximate surface area is 142 Å². The zero-order valence-corrected chi connectivity index (χ0v) is 14.6. The average molecular weight is 330 g/mol. The van der Waals surface area contributed by atoms with Crippen molar-refractivity contribution in [3.8, 4) is 5.75 Å². The number of rotatable bonds is 0. The van der Waals surface area contributed by atoms with Crippen LogP contribution in [0.1, 0.15) is 18.1 Å². The summed E-state index contributed by atoms with van der Waals surface area (Å²) in [6.07, 6.45) is 0. The Morgan fingerprint density at radius 1 is 1.33 bits per heavy atom. The number of halogens is 1. The molecular formula is C18H23FN4O. The van der Waals surface area contributed by atoms with Crippen molar-refractivity contribution in [2.24, 2.45) is 4.99 Å². The van der Waals surface area contributed by atoms with Crippen molar-refractivity contribution in [2.45, 2.75) is 25.9 Å². The lowest BCUT2D eigenvalue weighted by atomic mass is 10.0. The van der Waals surface area contributed by atoms with E-state index in [0.717, 1.165) is 30.2 Å². The maximum Gasteiger partial charge on any atom is 0.168 e. The largest absolute Gasteiger partial charge is 0.487 e. The van der Waals surface area contributed by atoms with Gasteiger partial charge in [-0.1, -0.05) is 6.58 Å². The van der Waals surface area contributed by atoms with Gasteiger partial charge in [0.1, 0.15) is 18.3 Å². The Kier molecular flexibility index (Phi) is 3.35. The van der Waals surface area contributed by atoms with Crippen LogP contribution >= 0.6 is 0 Å². The summed E-state index contributed by atoms with van der Waals surface area (Å²) in [5.41, 5.74) is 2.24. The minimum Gasteiger partial charge on any atom is -0.487 e. The molecule has 5 nitrogen and oxygen atoms in total. The Bertz CT molecular complexity index is 760. The molecule has 2 unspecified atom stereocenters. The first-order valence-corrected chi connectivity index (χ1v) is 8.33. The number of aryl methyl sites for hydroxylation is 1. The topological polar surface area (TPSA) is 31.3 Å². The molecule has 0 bridgehead atoms. The fourth-order valence-electron chi connectivity index (χ4n) is 4.06. The summed E-state index contributed by atoms with van der Waals surface area (Å²) in [5.74, 6) is 1.50. The number of anilines is 1. The molecule has 2 atom stereocenters. The summed E-state index contributed by atoms with van der Waals surface area (Å²) in [4.78, 5) is 11.2. The molecule has 0 aromatic heterocycles. The predicted molar refractivity (Wildman–Crippen MR) is 93.3 cm³/mol. The van der Waals surface area contributed by atoms with E-state index in [1.165, 1.54) is 0 Å². The van der Waals surface area contributed by atoms with Gasteiger partial charge in [-0.25, -0.2) is 9.38 Å². The lowest BCUT2D eigenvalue weighted by Crippen LogP contribution is -2.60. The number of piperazine rings is 1. The zero-order valence-electron chi connectivity index (χ0n) is 14.6. The molecule has 4 rings (SSSR count). The number of fused-ring (bicyclic) bond motifs is 2. The van der Waals surface area contributed by atoms with Crippen LogP contribution in [0.15, 0.2) is 23.5 Å². The minimum absolute atomic E-state index is 0.147. The van der Waals surface area contributed by atoms with Crippen molar-refractivity contribution < 1.29 is 9.13 Å². The molecule has 1 aromatic carbocycles. The lowest BCUT2D eigenvalue weighted by molar-refractivity contribution is 0.0757. The van der Waals surface area contributed by atoms with Crippen LogP contribution in [0.3, 0.4) is 0 Å². The lowest BCUT2D eigenvalue weighted by Gasteiger charge is -2.45. The second-order valence-electron chi connectivity index (χ2n) is 7.08. The van der Waals surface area contributed by atoms with E-state index in [0.29, 0.717) is 23.7 Å². The third-order valence-electron chi connectivity index (χ3n) is 5.22. The second-order valence-corrected chi connectivity index (χ2v) is 7.08. The van der Waals surface area contributed by atoms with E-state index in [1.807, 2.05) is 18.0 Å². The monoisotopic (exact) mass is 330 g/mol. The zero-order chi connectivity index (χ0) is 17.2. The molecule has 0 N–H and O–H groups in total. The summed E-state index contributed by atoms with van der Waals surface area (Å²) in [5, 5.41) is 0. The highest BCUT2D eigenvalue weighted by atomic mass is 19.1. The maximum atomic E-state index is 14.8. The molecular weight excluding hydrogens is 307 g/mol. The van der Waals surface area contributed by atoms with E-state index < -0.39 is 0 Å². The molecule has 1 saturated heterocycles. The van der Waals surface area contributed by atoms with Gasteiger partial charge in [-0.15, -0.1) is 0 Å². The van der Waals surface area contributed by atoms with Gasteiger partial charge >= 0.3 is 0 Å². The van der Waals surface area contributed by atoms with Gasteiger partial charge in [0.25, 0.3) is 0 Å². The number of likely N-dealkylation sites (N-methyl/N-ethyl adjacent to an activating group) is 1. The molecule has 0 saturated carbocycles. The van der Waals surface area contributed by atoms with Crippen molar-refractivity contribution in [1.29, 1.82) is 0 Å². The van der Waals surface area contributed by atoms with E-state index in [2.05, 4.69) is 30.4 Å². The molecule has 0 spiro atoms. The molecule has 0 radical (unpaired) electrons. The van der Waals surface area contributed by atoms with E-state index in [-0.39, 0.29) is 17.9 Å². The quantitative estimate of drug-likeness (QED) is 0.730. The van der Waals surface area contributed by atoms with E-state index in [4.69, 9.17) is 9.73 Å². The molecule has 24 heavy (non-hydrogen) atoms. The summed E-state index contributed by atoms with van der Waals surface area (Å²) < 4.78 is 20.8. The highest BCUT2D eigenvalue weighted by molar-refractivity contribution is 6.09. The van der Waals surface area contributed by atoms with Crippen LogP contribution in [-0.2, 0) is 0 Å². The summed E-state index contributed by atoms with van der Waals surface area (Å²) in [6, 6.07) is 2.28. The molecule has 128 valence electrons. The van der Waals surface area contributed by atoms with Crippen LogP contribution < -0.4 is 9.64 Å². The van der Waals surface area contributed by atoms with Crippen LogP contribution in [0.4, 0.5) is 10.1 Å². The van der Waals surface area contributed by atoms with Crippen molar-refractivity contribution in [2.75, 3.05) is 38.7 Å². The fourth-order valence-corrected chi connectivity index (χ4v) is 4.06. The van der Waals surface area contributed by atoms with Crippen LogP contribution in [0.5, 0.6) is 5.75 Å². The van der Waals surface area contributed by atoms with Gasteiger partial charge in [-0.3, -0.25) is 0 Å². The molecule has 0 amide bonds.